The smallest absolute Gasteiger partial charge is 0.260 e. The number of hydrogen-bond acceptors (Lipinski definition) is 6. The van der Waals surface area contributed by atoms with E-state index >= 15 is 0 Å². The maximum Gasteiger partial charge on any atom is 0.260 e. The third kappa shape index (κ3) is 4.47. The molecule has 2 aromatic heterocycles. The fourth-order valence-corrected chi connectivity index (χ4v) is 2.66. The second kappa shape index (κ2) is 8.35. The molecule has 7 heteroatoms. The summed E-state index contributed by atoms with van der Waals surface area (Å²) in [5.41, 5.74) is 2.50. The van der Waals surface area contributed by atoms with Crippen LogP contribution in [0, 0.1) is 6.92 Å². The molecule has 0 atom stereocenters. The first-order valence-electron chi connectivity index (χ1n) is 9.03. The minimum absolute atomic E-state index is 0.178. The van der Waals surface area contributed by atoms with Crippen LogP contribution < -0.4 is 10.1 Å². The van der Waals surface area contributed by atoms with Crippen LogP contribution in [0.2, 0.25) is 0 Å². The minimum atomic E-state index is -0.267. The van der Waals surface area contributed by atoms with Gasteiger partial charge in [0.15, 0.2) is 6.61 Å². The molecular formula is C22H18N4O3. The number of pyridine rings is 1. The van der Waals surface area contributed by atoms with Gasteiger partial charge in [-0.2, -0.15) is 4.98 Å². The number of hydrogen-bond donors (Lipinski definition) is 1. The molecule has 144 valence electrons. The van der Waals surface area contributed by atoms with E-state index in [1.165, 1.54) is 0 Å². The Bertz CT molecular complexity index is 1110. The van der Waals surface area contributed by atoms with Crippen molar-refractivity contribution in [1.82, 2.24) is 15.1 Å². The highest BCUT2D eigenvalue weighted by atomic mass is 16.5. The highest BCUT2D eigenvalue weighted by molar-refractivity contribution is 6.05. The summed E-state index contributed by atoms with van der Waals surface area (Å²) in [7, 11) is 0. The summed E-state index contributed by atoms with van der Waals surface area (Å²) in [6.45, 7) is 2.04. The summed E-state index contributed by atoms with van der Waals surface area (Å²) in [4.78, 5) is 21.1. The maximum atomic E-state index is 12.5. The molecule has 0 saturated carbocycles. The molecule has 2 aromatic carbocycles. The van der Waals surface area contributed by atoms with Crippen LogP contribution in [0.15, 0.2) is 77.4 Å². The summed E-state index contributed by atoms with van der Waals surface area (Å²) in [6, 6.07) is 20.2. The molecule has 4 rings (SSSR count). The van der Waals surface area contributed by atoms with Crippen molar-refractivity contribution < 1.29 is 14.1 Å². The molecular weight excluding hydrogens is 368 g/mol. The molecule has 0 saturated heterocycles. The largest absolute Gasteiger partial charge is 0.485 e. The van der Waals surface area contributed by atoms with Gasteiger partial charge < -0.3 is 14.6 Å². The Hall–Kier alpha value is -4.00. The lowest BCUT2D eigenvalue weighted by atomic mass is 10.1. The summed E-state index contributed by atoms with van der Waals surface area (Å²) in [5.74, 6) is 1.16. The molecule has 0 fully saturated rings. The highest BCUT2D eigenvalue weighted by Gasteiger charge is 2.15. The summed E-state index contributed by atoms with van der Waals surface area (Å²) in [6.07, 6.45) is 1.54. The molecule has 7 nitrogen and oxygen atoms in total. The zero-order valence-corrected chi connectivity index (χ0v) is 15.7. The number of amides is 1. The fraction of sp³-hybridized carbons (Fsp3) is 0.0909. The number of nitrogens with one attached hydrogen (secondary N) is 1. The topological polar surface area (TPSA) is 90.1 Å². The number of rotatable bonds is 6. The maximum absolute atomic E-state index is 12.5. The van der Waals surface area contributed by atoms with Crippen molar-refractivity contribution in [1.29, 1.82) is 0 Å². The summed E-state index contributed by atoms with van der Waals surface area (Å²) >= 11 is 0. The second-order valence-corrected chi connectivity index (χ2v) is 6.31. The van der Waals surface area contributed by atoms with Crippen LogP contribution in [-0.4, -0.2) is 21.0 Å². The Labute approximate surface area is 167 Å². The van der Waals surface area contributed by atoms with Crippen LogP contribution in [0.3, 0.4) is 0 Å². The lowest BCUT2D eigenvalue weighted by molar-refractivity contribution is 0.102. The number of carbonyl (C=O) groups excluding carboxylic acids is 1. The Morgan fingerprint density at radius 1 is 1.03 bits per heavy atom. The van der Waals surface area contributed by atoms with E-state index in [0.29, 0.717) is 28.5 Å². The molecule has 0 unspecified atom stereocenters. The van der Waals surface area contributed by atoms with E-state index in [1.54, 1.807) is 30.5 Å². The van der Waals surface area contributed by atoms with Crippen molar-refractivity contribution >= 4 is 11.6 Å². The predicted molar refractivity (Wildman–Crippen MR) is 107 cm³/mol. The number of nitrogens with zero attached hydrogens (tertiary/aromatic N) is 3. The molecule has 0 spiro atoms. The quantitative estimate of drug-likeness (QED) is 0.532. The SMILES string of the molecule is Cc1ccc(C(=O)Nc2ccccc2-c2nc(COc3ccccc3)no2)cn1. The Balaban J connectivity index is 1.50. The lowest BCUT2D eigenvalue weighted by Crippen LogP contribution is -2.13. The van der Waals surface area contributed by atoms with Gasteiger partial charge in [0.2, 0.25) is 5.82 Å². The summed E-state index contributed by atoms with van der Waals surface area (Å²) in [5, 5.41) is 6.84. The van der Waals surface area contributed by atoms with Crippen molar-refractivity contribution in [3.63, 3.8) is 0 Å². The fourth-order valence-electron chi connectivity index (χ4n) is 2.66. The van der Waals surface area contributed by atoms with Gasteiger partial charge in [-0.3, -0.25) is 9.78 Å². The van der Waals surface area contributed by atoms with Gasteiger partial charge in [0, 0.05) is 11.9 Å². The van der Waals surface area contributed by atoms with E-state index in [-0.39, 0.29) is 12.5 Å². The average molecular weight is 386 g/mol. The van der Waals surface area contributed by atoms with E-state index < -0.39 is 0 Å². The number of carbonyl (C=O) groups is 1. The van der Waals surface area contributed by atoms with Crippen molar-refractivity contribution in [2.45, 2.75) is 13.5 Å². The number of ether oxygens (including phenoxy) is 1. The van der Waals surface area contributed by atoms with Gasteiger partial charge in [0.25, 0.3) is 11.8 Å². The number of para-hydroxylation sites is 2. The molecule has 0 aliphatic rings. The lowest BCUT2D eigenvalue weighted by Gasteiger charge is -2.08. The first-order valence-corrected chi connectivity index (χ1v) is 9.03. The molecule has 0 bridgehead atoms. The first kappa shape index (κ1) is 18.4. The normalized spacial score (nSPS) is 10.5. The zero-order valence-electron chi connectivity index (χ0n) is 15.7. The van der Waals surface area contributed by atoms with Gasteiger partial charge >= 0.3 is 0 Å². The average Bonchev–Trinajstić information content (AvgIpc) is 3.23. The highest BCUT2D eigenvalue weighted by Crippen LogP contribution is 2.27. The third-order valence-corrected chi connectivity index (χ3v) is 4.16. The standard InChI is InChI=1S/C22H18N4O3/c1-15-11-12-16(13-23-15)21(27)24-19-10-6-5-9-18(19)22-25-20(26-29-22)14-28-17-7-3-2-4-8-17/h2-13H,14H2,1H3,(H,24,27). The summed E-state index contributed by atoms with van der Waals surface area (Å²) < 4.78 is 11.0. The van der Waals surface area contributed by atoms with Crippen molar-refractivity contribution in [3.05, 3.63) is 90.0 Å². The van der Waals surface area contributed by atoms with Crippen LogP contribution in [0.1, 0.15) is 21.9 Å². The van der Waals surface area contributed by atoms with Crippen LogP contribution in [0.5, 0.6) is 5.75 Å². The number of aromatic nitrogens is 3. The Kier molecular flexibility index (Phi) is 5.29. The van der Waals surface area contributed by atoms with Gasteiger partial charge in [-0.05, 0) is 43.3 Å². The number of anilines is 1. The van der Waals surface area contributed by atoms with E-state index in [1.807, 2.05) is 49.4 Å². The van der Waals surface area contributed by atoms with Gasteiger partial charge in [-0.15, -0.1) is 0 Å². The van der Waals surface area contributed by atoms with Crippen LogP contribution >= 0.6 is 0 Å². The van der Waals surface area contributed by atoms with Crippen molar-refractivity contribution in [2.24, 2.45) is 0 Å². The minimum Gasteiger partial charge on any atom is -0.485 e. The zero-order chi connectivity index (χ0) is 20.1. The van der Waals surface area contributed by atoms with E-state index in [2.05, 4.69) is 20.4 Å². The molecule has 2 heterocycles. The third-order valence-electron chi connectivity index (χ3n) is 4.16. The van der Waals surface area contributed by atoms with Crippen molar-refractivity contribution in [3.8, 4) is 17.2 Å². The molecule has 1 amide bonds. The Morgan fingerprint density at radius 2 is 1.83 bits per heavy atom. The van der Waals surface area contributed by atoms with Crippen molar-refractivity contribution in [2.75, 3.05) is 5.32 Å². The number of aryl methyl sites for hydroxylation is 1. The van der Waals surface area contributed by atoms with E-state index in [9.17, 15) is 4.79 Å². The molecule has 0 radical (unpaired) electrons. The second-order valence-electron chi connectivity index (χ2n) is 6.31. The van der Waals surface area contributed by atoms with E-state index in [0.717, 1.165) is 11.4 Å². The molecule has 4 aromatic rings. The van der Waals surface area contributed by atoms with Gasteiger partial charge in [0.05, 0.1) is 16.8 Å². The molecule has 1 N–H and O–H groups in total. The van der Waals surface area contributed by atoms with E-state index in [4.69, 9.17) is 9.26 Å². The molecule has 0 aliphatic carbocycles. The molecule has 0 aliphatic heterocycles. The van der Waals surface area contributed by atoms with Crippen LogP contribution in [-0.2, 0) is 6.61 Å². The van der Waals surface area contributed by atoms with Gasteiger partial charge in [-0.1, -0.05) is 35.5 Å². The predicted octanol–water partition coefficient (Wildman–Crippen LogP) is 4.27. The van der Waals surface area contributed by atoms with Gasteiger partial charge in [0.1, 0.15) is 5.75 Å². The molecule has 29 heavy (non-hydrogen) atoms. The van der Waals surface area contributed by atoms with Crippen LogP contribution in [0.25, 0.3) is 11.5 Å². The monoisotopic (exact) mass is 386 g/mol. The Morgan fingerprint density at radius 3 is 2.62 bits per heavy atom. The van der Waals surface area contributed by atoms with Crippen LogP contribution in [0.4, 0.5) is 5.69 Å². The number of benzene rings is 2. The van der Waals surface area contributed by atoms with Gasteiger partial charge in [-0.25, -0.2) is 0 Å². The first-order chi connectivity index (χ1) is 14.2.